The van der Waals surface area contributed by atoms with Gasteiger partial charge in [0.1, 0.15) is 0 Å². The summed E-state index contributed by atoms with van der Waals surface area (Å²) in [6.07, 6.45) is -0.297. The Labute approximate surface area is 143 Å². The average molecular weight is 425 g/mol. The summed E-state index contributed by atoms with van der Waals surface area (Å²) in [6, 6.07) is 11.9. The molecule has 0 radical (unpaired) electrons. The number of fused-ring (bicyclic) bond motifs is 1. The number of nitrogens with one attached hydrogen (secondary N) is 1. The maximum Gasteiger partial charge on any atom is 0.261 e. The number of anilines is 1. The Bertz CT molecular complexity index is 773. The first-order chi connectivity index (χ1) is 10.4. The number of hydrogen-bond acceptors (Lipinski definition) is 3. The summed E-state index contributed by atoms with van der Waals surface area (Å²) >= 11 is 6.61. The van der Waals surface area contributed by atoms with Crippen LogP contribution in [0.1, 0.15) is 22.3 Å². The molecule has 1 aliphatic heterocycles. The molecule has 3 rings (SSSR count). The van der Waals surface area contributed by atoms with E-state index in [4.69, 9.17) is 0 Å². The van der Waals surface area contributed by atoms with E-state index in [0.29, 0.717) is 16.8 Å². The van der Waals surface area contributed by atoms with E-state index in [1.807, 2.05) is 0 Å². The van der Waals surface area contributed by atoms with Gasteiger partial charge in [0.15, 0.2) is 11.4 Å². The van der Waals surface area contributed by atoms with Gasteiger partial charge in [-0.1, -0.05) is 50.1 Å². The fourth-order valence-electron chi connectivity index (χ4n) is 2.47. The summed E-state index contributed by atoms with van der Waals surface area (Å²) in [4.78, 5) is 24.5. The van der Waals surface area contributed by atoms with Gasteiger partial charge in [-0.2, -0.15) is 0 Å². The molecule has 112 valence electrons. The molecule has 0 fully saturated rings. The first-order valence-electron chi connectivity index (χ1n) is 6.53. The highest BCUT2D eigenvalue weighted by Gasteiger charge is 2.46. The zero-order chi connectivity index (χ0) is 15.9. The van der Waals surface area contributed by atoms with E-state index in [-0.39, 0.29) is 12.2 Å². The van der Waals surface area contributed by atoms with Crippen LogP contribution in [0.4, 0.5) is 5.69 Å². The number of hydrogen-bond donors (Lipinski definition) is 2. The van der Waals surface area contributed by atoms with Crippen molar-refractivity contribution in [3.05, 3.63) is 62.5 Å². The molecule has 1 heterocycles. The summed E-state index contributed by atoms with van der Waals surface area (Å²) < 4.78 is 1.65. The fraction of sp³-hybridized carbons (Fsp3) is 0.125. The van der Waals surface area contributed by atoms with E-state index >= 15 is 0 Å². The molecule has 22 heavy (non-hydrogen) atoms. The fourth-order valence-corrected chi connectivity index (χ4v) is 3.10. The lowest BCUT2D eigenvalue weighted by Crippen LogP contribution is -2.36. The van der Waals surface area contributed by atoms with E-state index in [1.165, 1.54) is 0 Å². The first-order valence-corrected chi connectivity index (χ1v) is 8.11. The lowest BCUT2D eigenvalue weighted by Gasteiger charge is -2.20. The van der Waals surface area contributed by atoms with Gasteiger partial charge in [-0.05, 0) is 24.3 Å². The minimum Gasteiger partial charge on any atom is -0.375 e. The summed E-state index contributed by atoms with van der Waals surface area (Å²) in [5, 5.41) is 13.3. The number of ketones is 1. The largest absolute Gasteiger partial charge is 0.375 e. The SMILES string of the molecule is O=C(C[C@]1(O)C(=O)Nc2cc(Br)ccc21)c1ccc(Br)cc1. The molecule has 6 heteroatoms. The highest BCUT2D eigenvalue weighted by atomic mass is 79.9. The Kier molecular flexibility index (Phi) is 3.92. The van der Waals surface area contributed by atoms with Gasteiger partial charge in [0, 0.05) is 25.8 Å². The van der Waals surface area contributed by atoms with E-state index in [2.05, 4.69) is 37.2 Å². The van der Waals surface area contributed by atoms with Gasteiger partial charge >= 0.3 is 0 Å². The average Bonchev–Trinajstić information content (AvgIpc) is 2.70. The molecule has 0 saturated heterocycles. The third-order valence-corrected chi connectivity index (χ3v) is 4.66. The number of carbonyl (C=O) groups is 2. The van der Waals surface area contributed by atoms with E-state index in [0.717, 1.165) is 8.95 Å². The summed E-state index contributed by atoms with van der Waals surface area (Å²) in [5.41, 5.74) is -0.438. The predicted octanol–water partition coefficient (Wildman–Crippen LogP) is 3.62. The van der Waals surface area contributed by atoms with Crippen LogP contribution in [-0.4, -0.2) is 16.8 Å². The monoisotopic (exact) mass is 423 g/mol. The number of rotatable bonds is 3. The maximum atomic E-state index is 12.4. The molecule has 0 saturated carbocycles. The van der Waals surface area contributed by atoms with Crippen molar-refractivity contribution in [1.82, 2.24) is 0 Å². The lowest BCUT2D eigenvalue weighted by atomic mass is 9.88. The van der Waals surface area contributed by atoms with E-state index in [1.54, 1.807) is 42.5 Å². The summed E-state index contributed by atoms with van der Waals surface area (Å²) in [7, 11) is 0. The molecule has 0 aromatic heterocycles. The molecule has 4 nitrogen and oxygen atoms in total. The highest BCUT2D eigenvalue weighted by molar-refractivity contribution is 9.10. The number of amides is 1. The van der Waals surface area contributed by atoms with Crippen LogP contribution in [0.3, 0.4) is 0 Å². The Morgan fingerprint density at radius 3 is 2.41 bits per heavy atom. The third-order valence-electron chi connectivity index (χ3n) is 3.63. The number of Topliss-reactive ketones (excluding diaryl/α,β-unsaturated/α-hetero) is 1. The molecular formula is C16H11Br2NO3. The van der Waals surface area contributed by atoms with Gasteiger partial charge in [-0.15, -0.1) is 0 Å². The smallest absolute Gasteiger partial charge is 0.261 e. The lowest BCUT2D eigenvalue weighted by molar-refractivity contribution is -0.133. The van der Waals surface area contributed by atoms with Gasteiger partial charge in [0.2, 0.25) is 0 Å². The van der Waals surface area contributed by atoms with Crippen LogP contribution >= 0.6 is 31.9 Å². The van der Waals surface area contributed by atoms with E-state index < -0.39 is 11.5 Å². The van der Waals surface area contributed by atoms with Crippen molar-refractivity contribution in [2.75, 3.05) is 5.32 Å². The van der Waals surface area contributed by atoms with Crippen LogP contribution in [0.25, 0.3) is 0 Å². The zero-order valence-electron chi connectivity index (χ0n) is 11.3. The van der Waals surface area contributed by atoms with Crippen LogP contribution in [0.15, 0.2) is 51.4 Å². The number of halogens is 2. The van der Waals surface area contributed by atoms with Crippen molar-refractivity contribution in [1.29, 1.82) is 0 Å². The Hall–Kier alpha value is -1.50. The second-order valence-corrected chi connectivity index (χ2v) is 6.94. The van der Waals surface area contributed by atoms with Crippen LogP contribution in [0.2, 0.25) is 0 Å². The third kappa shape index (κ3) is 2.62. The molecule has 2 aromatic carbocycles. The van der Waals surface area contributed by atoms with Crippen molar-refractivity contribution in [3.63, 3.8) is 0 Å². The van der Waals surface area contributed by atoms with Crippen LogP contribution in [0, 0.1) is 0 Å². The number of carbonyl (C=O) groups excluding carboxylic acids is 2. The zero-order valence-corrected chi connectivity index (χ0v) is 14.4. The van der Waals surface area contributed by atoms with Crippen LogP contribution in [0.5, 0.6) is 0 Å². The Morgan fingerprint density at radius 2 is 1.73 bits per heavy atom. The van der Waals surface area contributed by atoms with Crippen molar-refractivity contribution in [2.45, 2.75) is 12.0 Å². The molecule has 1 amide bonds. The van der Waals surface area contributed by atoms with Crippen molar-refractivity contribution < 1.29 is 14.7 Å². The minimum absolute atomic E-state index is 0.291. The van der Waals surface area contributed by atoms with Crippen LogP contribution in [-0.2, 0) is 10.4 Å². The second-order valence-electron chi connectivity index (χ2n) is 5.11. The van der Waals surface area contributed by atoms with Gasteiger partial charge in [-0.3, -0.25) is 9.59 Å². The molecule has 0 unspecified atom stereocenters. The van der Waals surface area contributed by atoms with Crippen molar-refractivity contribution >= 4 is 49.2 Å². The molecule has 2 aromatic rings. The molecular weight excluding hydrogens is 414 g/mol. The molecule has 0 spiro atoms. The van der Waals surface area contributed by atoms with Crippen molar-refractivity contribution in [3.8, 4) is 0 Å². The quantitative estimate of drug-likeness (QED) is 0.739. The Balaban J connectivity index is 1.93. The van der Waals surface area contributed by atoms with Crippen molar-refractivity contribution in [2.24, 2.45) is 0 Å². The summed E-state index contributed by atoms with van der Waals surface area (Å²) in [5.74, 6) is -0.869. The van der Waals surface area contributed by atoms with Gasteiger partial charge < -0.3 is 10.4 Å². The molecule has 1 aliphatic rings. The molecule has 2 N–H and O–H groups in total. The molecule has 1 atom stereocenters. The summed E-state index contributed by atoms with van der Waals surface area (Å²) in [6.45, 7) is 0. The molecule has 0 bridgehead atoms. The predicted molar refractivity (Wildman–Crippen MR) is 89.8 cm³/mol. The minimum atomic E-state index is -1.83. The Morgan fingerprint density at radius 1 is 1.09 bits per heavy atom. The second kappa shape index (κ2) is 5.61. The van der Waals surface area contributed by atoms with Gasteiger partial charge in [0.05, 0.1) is 6.42 Å². The maximum absolute atomic E-state index is 12.4. The standard InChI is InChI=1S/C16H11Br2NO3/c17-10-3-1-9(2-4-10)14(20)8-16(22)12-6-5-11(18)7-13(12)19-15(16)21/h1-7,22H,8H2,(H,19,21)/t16-/m1/s1. The van der Waals surface area contributed by atoms with Gasteiger partial charge in [0.25, 0.3) is 5.91 Å². The highest BCUT2D eigenvalue weighted by Crippen LogP contribution is 2.40. The van der Waals surface area contributed by atoms with Crippen LogP contribution < -0.4 is 5.32 Å². The number of benzene rings is 2. The molecule has 0 aliphatic carbocycles. The first kappa shape index (κ1) is 15.4. The number of aliphatic hydroxyl groups is 1. The van der Waals surface area contributed by atoms with Gasteiger partial charge in [-0.25, -0.2) is 0 Å². The normalized spacial score (nSPS) is 19.7. The van der Waals surface area contributed by atoms with E-state index in [9.17, 15) is 14.7 Å². The topological polar surface area (TPSA) is 66.4 Å².